The normalized spacial score (nSPS) is 24.3. The van der Waals surface area contributed by atoms with Crippen molar-refractivity contribution >= 4 is 11.9 Å². The lowest BCUT2D eigenvalue weighted by molar-refractivity contribution is -0.141. The quantitative estimate of drug-likeness (QED) is 0.868. The van der Waals surface area contributed by atoms with Crippen LogP contribution in [0.5, 0.6) is 0 Å². The summed E-state index contributed by atoms with van der Waals surface area (Å²) in [5.41, 5.74) is 2.23. The minimum atomic E-state index is -0.814. The second-order valence-electron chi connectivity index (χ2n) is 6.55. The van der Waals surface area contributed by atoms with Crippen LogP contribution in [0.15, 0.2) is 42.0 Å². The fourth-order valence-electron chi connectivity index (χ4n) is 3.67. The molecule has 4 heteroatoms. The Balaban J connectivity index is 1.71. The molecule has 1 aliphatic carbocycles. The number of rotatable bonds is 4. The predicted octanol–water partition coefficient (Wildman–Crippen LogP) is 3.20. The van der Waals surface area contributed by atoms with Gasteiger partial charge in [0.1, 0.15) is 0 Å². The zero-order valence-corrected chi connectivity index (χ0v) is 13.3. The molecule has 0 radical (unpaired) electrons. The van der Waals surface area contributed by atoms with E-state index in [1.807, 2.05) is 30.3 Å². The molecular formula is C19H23NO3. The van der Waals surface area contributed by atoms with E-state index in [1.165, 1.54) is 12.0 Å². The molecule has 1 aliphatic heterocycles. The lowest BCUT2D eigenvalue weighted by atomic mass is 9.89. The molecule has 0 bridgehead atoms. The molecule has 3 rings (SSSR count). The van der Waals surface area contributed by atoms with Crippen LogP contribution in [-0.4, -0.2) is 35.0 Å². The van der Waals surface area contributed by atoms with Crippen molar-refractivity contribution in [3.63, 3.8) is 0 Å². The third-order valence-electron chi connectivity index (χ3n) is 4.98. The number of likely N-dealkylation sites (tertiary alicyclic amines) is 1. The van der Waals surface area contributed by atoms with Gasteiger partial charge in [-0.1, -0.05) is 42.0 Å². The zero-order chi connectivity index (χ0) is 16.2. The van der Waals surface area contributed by atoms with E-state index in [1.54, 1.807) is 4.90 Å². The van der Waals surface area contributed by atoms with Crippen LogP contribution in [0.4, 0.5) is 0 Å². The summed E-state index contributed by atoms with van der Waals surface area (Å²) in [6, 6.07) is 9.68. The highest BCUT2D eigenvalue weighted by molar-refractivity contribution is 5.81. The van der Waals surface area contributed by atoms with Crippen LogP contribution < -0.4 is 0 Å². The number of benzene rings is 1. The first-order valence-corrected chi connectivity index (χ1v) is 8.38. The van der Waals surface area contributed by atoms with Crippen LogP contribution in [-0.2, 0) is 9.59 Å². The van der Waals surface area contributed by atoms with Gasteiger partial charge in [-0.3, -0.25) is 9.59 Å². The smallest absolute Gasteiger partial charge is 0.308 e. The van der Waals surface area contributed by atoms with Gasteiger partial charge in [0, 0.05) is 25.4 Å². The molecule has 1 amide bonds. The van der Waals surface area contributed by atoms with Crippen LogP contribution in [0.1, 0.15) is 43.6 Å². The van der Waals surface area contributed by atoms with Crippen molar-refractivity contribution in [1.82, 2.24) is 4.90 Å². The van der Waals surface area contributed by atoms with Crippen LogP contribution in [0.2, 0.25) is 0 Å². The van der Waals surface area contributed by atoms with E-state index in [0.29, 0.717) is 19.5 Å². The fraction of sp³-hybridized carbons (Fsp3) is 0.474. The van der Waals surface area contributed by atoms with Crippen molar-refractivity contribution in [3.05, 3.63) is 47.5 Å². The molecule has 2 aliphatic rings. The molecule has 1 aromatic carbocycles. The van der Waals surface area contributed by atoms with Crippen LogP contribution in [0.3, 0.4) is 0 Å². The minimum absolute atomic E-state index is 0.0721. The van der Waals surface area contributed by atoms with Crippen molar-refractivity contribution in [3.8, 4) is 0 Å². The average molecular weight is 313 g/mol. The number of carbonyl (C=O) groups excluding carboxylic acids is 1. The lowest BCUT2D eigenvalue weighted by Gasteiger charge is -2.19. The number of amides is 1. The number of carbonyl (C=O) groups is 2. The maximum absolute atomic E-state index is 12.6. The summed E-state index contributed by atoms with van der Waals surface area (Å²) < 4.78 is 0. The number of aliphatic carboxylic acids is 1. The van der Waals surface area contributed by atoms with Gasteiger partial charge in [-0.25, -0.2) is 0 Å². The Morgan fingerprint density at radius 1 is 1.13 bits per heavy atom. The highest BCUT2D eigenvalue weighted by Crippen LogP contribution is 2.34. The fourth-order valence-corrected chi connectivity index (χ4v) is 3.67. The van der Waals surface area contributed by atoms with Crippen molar-refractivity contribution in [2.45, 2.75) is 38.0 Å². The molecule has 1 heterocycles. The minimum Gasteiger partial charge on any atom is -0.481 e. The van der Waals surface area contributed by atoms with E-state index in [9.17, 15) is 14.7 Å². The monoisotopic (exact) mass is 313 g/mol. The Kier molecular flexibility index (Phi) is 4.79. The summed E-state index contributed by atoms with van der Waals surface area (Å²) >= 11 is 0. The van der Waals surface area contributed by atoms with E-state index < -0.39 is 11.9 Å². The first kappa shape index (κ1) is 15.8. The molecule has 0 unspecified atom stereocenters. The molecule has 1 saturated heterocycles. The van der Waals surface area contributed by atoms with Crippen molar-refractivity contribution < 1.29 is 14.7 Å². The molecule has 0 aromatic heterocycles. The molecule has 1 N–H and O–H groups in total. The molecule has 122 valence electrons. The summed E-state index contributed by atoms with van der Waals surface area (Å²) in [7, 11) is 0. The molecule has 4 nitrogen and oxygen atoms in total. The summed E-state index contributed by atoms with van der Waals surface area (Å²) in [5.74, 6) is -1.37. The summed E-state index contributed by atoms with van der Waals surface area (Å²) in [6.07, 6.45) is 7.06. The van der Waals surface area contributed by atoms with Crippen LogP contribution in [0, 0.1) is 5.92 Å². The van der Waals surface area contributed by atoms with E-state index in [0.717, 1.165) is 24.8 Å². The summed E-state index contributed by atoms with van der Waals surface area (Å²) in [6.45, 7) is 0.827. The Bertz CT molecular complexity index is 608. The SMILES string of the molecule is O=C(O)[C@@H]1CN(C(=O)CC2=CCCCC2)C[C@H]1c1ccccc1. The molecular weight excluding hydrogens is 290 g/mol. The van der Waals surface area contributed by atoms with Crippen molar-refractivity contribution in [2.24, 2.45) is 5.92 Å². The lowest BCUT2D eigenvalue weighted by Crippen LogP contribution is -2.30. The number of carboxylic acids is 1. The van der Waals surface area contributed by atoms with Gasteiger partial charge in [0.15, 0.2) is 0 Å². The topological polar surface area (TPSA) is 57.6 Å². The number of hydrogen-bond donors (Lipinski definition) is 1. The third-order valence-corrected chi connectivity index (χ3v) is 4.98. The van der Waals surface area contributed by atoms with Crippen LogP contribution >= 0.6 is 0 Å². The molecule has 0 saturated carbocycles. The van der Waals surface area contributed by atoms with Crippen LogP contribution in [0.25, 0.3) is 0 Å². The Hall–Kier alpha value is -2.10. The Morgan fingerprint density at radius 2 is 1.91 bits per heavy atom. The van der Waals surface area contributed by atoms with Crippen molar-refractivity contribution in [1.29, 1.82) is 0 Å². The zero-order valence-electron chi connectivity index (χ0n) is 13.3. The predicted molar refractivity (Wildman–Crippen MR) is 88.1 cm³/mol. The summed E-state index contributed by atoms with van der Waals surface area (Å²) in [4.78, 5) is 25.9. The second-order valence-corrected chi connectivity index (χ2v) is 6.55. The maximum atomic E-state index is 12.6. The Labute approximate surface area is 136 Å². The molecule has 1 aromatic rings. The summed E-state index contributed by atoms with van der Waals surface area (Å²) in [5, 5.41) is 9.52. The van der Waals surface area contributed by atoms with E-state index in [-0.39, 0.29) is 11.8 Å². The Morgan fingerprint density at radius 3 is 2.57 bits per heavy atom. The number of nitrogens with zero attached hydrogens (tertiary/aromatic N) is 1. The molecule has 0 spiro atoms. The van der Waals surface area contributed by atoms with Gasteiger partial charge in [0.25, 0.3) is 0 Å². The molecule has 2 atom stereocenters. The van der Waals surface area contributed by atoms with E-state index in [4.69, 9.17) is 0 Å². The maximum Gasteiger partial charge on any atom is 0.308 e. The third kappa shape index (κ3) is 3.63. The highest BCUT2D eigenvalue weighted by atomic mass is 16.4. The van der Waals surface area contributed by atoms with E-state index >= 15 is 0 Å². The van der Waals surface area contributed by atoms with Gasteiger partial charge in [0.05, 0.1) is 5.92 Å². The standard InChI is InChI=1S/C19H23NO3/c21-18(11-14-7-3-1-4-8-14)20-12-16(17(13-20)19(22)23)15-9-5-2-6-10-15/h2,5-7,9-10,16-17H,1,3-4,8,11-13H2,(H,22,23)/t16-,17+/m0/s1. The van der Waals surface area contributed by atoms with Gasteiger partial charge < -0.3 is 10.0 Å². The van der Waals surface area contributed by atoms with E-state index in [2.05, 4.69) is 6.08 Å². The first-order valence-electron chi connectivity index (χ1n) is 8.38. The van der Waals surface area contributed by atoms with Gasteiger partial charge in [-0.15, -0.1) is 0 Å². The van der Waals surface area contributed by atoms with Crippen molar-refractivity contribution in [2.75, 3.05) is 13.1 Å². The number of allylic oxidation sites excluding steroid dienone is 1. The highest BCUT2D eigenvalue weighted by Gasteiger charge is 2.40. The van der Waals surface area contributed by atoms with Gasteiger partial charge in [-0.05, 0) is 31.2 Å². The average Bonchev–Trinajstić information content (AvgIpc) is 3.02. The van der Waals surface area contributed by atoms with Gasteiger partial charge in [0.2, 0.25) is 5.91 Å². The largest absolute Gasteiger partial charge is 0.481 e. The number of carboxylic acid groups (broad SMARTS) is 1. The molecule has 23 heavy (non-hydrogen) atoms. The second kappa shape index (κ2) is 6.99. The van der Waals surface area contributed by atoms with Gasteiger partial charge >= 0.3 is 5.97 Å². The first-order chi connectivity index (χ1) is 11.1. The molecule has 1 fully saturated rings. The van der Waals surface area contributed by atoms with Gasteiger partial charge in [-0.2, -0.15) is 0 Å². The number of hydrogen-bond acceptors (Lipinski definition) is 2.